The molecule has 4 nitrogen and oxygen atoms in total. The third-order valence-electron chi connectivity index (χ3n) is 3.61. The van der Waals surface area contributed by atoms with Crippen molar-refractivity contribution < 1.29 is 14.3 Å². The molecule has 0 saturated heterocycles. The van der Waals surface area contributed by atoms with Crippen LogP contribution in [0.3, 0.4) is 0 Å². The molecule has 0 fully saturated rings. The molecule has 0 aromatic heterocycles. The van der Waals surface area contributed by atoms with E-state index >= 15 is 0 Å². The van der Waals surface area contributed by atoms with E-state index in [2.05, 4.69) is 5.32 Å². The summed E-state index contributed by atoms with van der Waals surface area (Å²) in [6.45, 7) is 1.93. The second-order valence-electron chi connectivity index (χ2n) is 5.03. The molecule has 0 spiro atoms. The lowest BCUT2D eigenvalue weighted by Gasteiger charge is -2.18. The SMILES string of the molecule is COc1ccc(C(C)NC(=O)c2ccc(SC)cc2)c(OC)c1. The van der Waals surface area contributed by atoms with E-state index in [1.165, 1.54) is 0 Å². The van der Waals surface area contributed by atoms with Gasteiger partial charge in [0.2, 0.25) is 0 Å². The van der Waals surface area contributed by atoms with Gasteiger partial charge in [-0.3, -0.25) is 4.79 Å². The maximum atomic E-state index is 12.4. The third-order valence-corrected chi connectivity index (χ3v) is 4.35. The van der Waals surface area contributed by atoms with Crippen LogP contribution in [0.2, 0.25) is 0 Å². The summed E-state index contributed by atoms with van der Waals surface area (Å²) in [5.41, 5.74) is 1.55. The Morgan fingerprint density at radius 2 is 1.78 bits per heavy atom. The number of carbonyl (C=O) groups excluding carboxylic acids is 1. The standard InChI is InChI=1S/C18H21NO3S/c1-12(16-10-7-14(21-2)11-17(16)22-3)19-18(20)13-5-8-15(23-4)9-6-13/h5-12H,1-4H3,(H,19,20). The van der Waals surface area contributed by atoms with Crippen LogP contribution in [0, 0.1) is 0 Å². The Labute approximate surface area is 141 Å². The fourth-order valence-electron chi connectivity index (χ4n) is 2.28. The molecule has 2 aromatic carbocycles. The zero-order valence-electron chi connectivity index (χ0n) is 13.8. The largest absolute Gasteiger partial charge is 0.497 e. The van der Waals surface area contributed by atoms with Crippen LogP contribution in [0.5, 0.6) is 11.5 Å². The van der Waals surface area contributed by atoms with Crippen molar-refractivity contribution in [2.24, 2.45) is 0 Å². The number of ether oxygens (including phenoxy) is 2. The normalized spacial score (nSPS) is 11.7. The van der Waals surface area contributed by atoms with Gasteiger partial charge in [0.15, 0.2) is 0 Å². The van der Waals surface area contributed by atoms with Crippen molar-refractivity contribution in [3.63, 3.8) is 0 Å². The van der Waals surface area contributed by atoms with Crippen LogP contribution in [0.1, 0.15) is 28.9 Å². The monoisotopic (exact) mass is 331 g/mol. The number of nitrogens with one attached hydrogen (secondary N) is 1. The Kier molecular flexibility index (Phi) is 5.93. The van der Waals surface area contributed by atoms with E-state index in [4.69, 9.17) is 9.47 Å². The molecule has 122 valence electrons. The summed E-state index contributed by atoms with van der Waals surface area (Å²) in [5.74, 6) is 1.30. The summed E-state index contributed by atoms with van der Waals surface area (Å²) >= 11 is 1.65. The van der Waals surface area contributed by atoms with Crippen LogP contribution in [0.25, 0.3) is 0 Å². The molecule has 1 N–H and O–H groups in total. The maximum absolute atomic E-state index is 12.4. The topological polar surface area (TPSA) is 47.6 Å². The molecular weight excluding hydrogens is 310 g/mol. The summed E-state index contributed by atoms with van der Waals surface area (Å²) in [5, 5.41) is 3.00. The number of rotatable bonds is 6. The number of benzene rings is 2. The van der Waals surface area contributed by atoms with Crippen molar-refractivity contribution in [2.75, 3.05) is 20.5 Å². The van der Waals surface area contributed by atoms with E-state index < -0.39 is 0 Å². The van der Waals surface area contributed by atoms with Crippen LogP contribution in [0.4, 0.5) is 0 Å². The van der Waals surface area contributed by atoms with Gasteiger partial charge in [-0.05, 0) is 49.6 Å². The van der Waals surface area contributed by atoms with Crippen molar-refractivity contribution in [1.29, 1.82) is 0 Å². The van der Waals surface area contributed by atoms with Gasteiger partial charge in [-0.1, -0.05) is 0 Å². The fraction of sp³-hybridized carbons (Fsp3) is 0.278. The van der Waals surface area contributed by atoms with Crippen molar-refractivity contribution in [3.05, 3.63) is 53.6 Å². The van der Waals surface area contributed by atoms with Crippen molar-refractivity contribution >= 4 is 17.7 Å². The van der Waals surface area contributed by atoms with Crippen LogP contribution in [0.15, 0.2) is 47.4 Å². The average molecular weight is 331 g/mol. The first-order valence-corrected chi connectivity index (χ1v) is 8.48. The number of hydrogen-bond acceptors (Lipinski definition) is 4. The lowest BCUT2D eigenvalue weighted by Crippen LogP contribution is -2.26. The lowest BCUT2D eigenvalue weighted by molar-refractivity contribution is 0.0939. The molecule has 0 aliphatic carbocycles. The van der Waals surface area contributed by atoms with Crippen LogP contribution in [-0.2, 0) is 0 Å². The molecule has 0 bridgehead atoms. The highest BCUT2D eigenvalue weighted by molar-refractivity contribution is 7.98. The van der Waals surface area contributed by atoms with Gasteiger partial charge < -0.3 is 14.8 Å². The van der Waals surface area contributed by atoms with E-state index in [1.54, 1.807) is 26.0 Å². The van der Waals surface area contributed by atoms with Gasteiger partial charge in [0.25, 0.3) is 5.91 Å². The van der Waals surface area contributed by atoms with Crippen LogP contribution >= 0.6 is 11.8 Å². The van der Waals surface area contributed by atoms with E-state index in [0.717, 1.165) is 16.2 Å². The first-order valence-electron chi connectivity index (χ1n) is 7.26. The Morgan fingerprint density at radius 1 is 1.09 bits per heavy atom. The first-order chi connectivity index (χ1) is 11.1. The first kappa shape index (κ1) is 17.2. The zero-order chi connectivity index (χ0) is 16.8. The third kappa shape index (κ3) is 4.20. The second-order valence-corrected chi connectivity index (χ2v) is 5.91. The number of carbonyl (C=O) groups is 1. The minimum Gasteiger partial charge on any atom is -0.497 e. The van der Waals surface area contributed by atoms with Crippen LogP contribution in [-0.4, -0.2) is 26.4 Å². The molecule has 0 aliphatic heterocycles. The predicted molar refractivity (Wildman–Crippen MR) is 93.7 cm³/mol. The van der Waals surface area contributed by atoms with Crippen molar-refractivity contribution in [3.8, 4) is 11.5 Å². The second kappa shape index (κ2) is 7.92. The summed E-state index contributed by atoms with van der Waals surface area (Å²) in [6, 6.07) is 12.9. The number of hydrogen-bond donors (Lipinski definition) is 1. The number of amides is 1. The average Bonchev–Trinajstić information content (AvgIpc) is 2.60. The predicted octanol–water partition coefficient (Wildman–Crippen LogP) is 3.92. The summed E-state index contributed by atoms with van der Waals surface area (Å²) < 4.78 is 10.6. The van der Waals surface area contributed by atoms with Crippen molar-refractivity contribution in [1.82, 2.24) is 5.32 Å². The Morgan fingerprint density at radius 3 is 2.35 bits per heavy atom. The molecule has 2 aromatic rings. The molecule has 1 unspecified atom stereocenters. The molecule has 0 aliphatic rings. The van der Waals surface area contributed by atoms with Gasteiger partial charge in [0.05, 0.1) is 20.3 Å². The summed E-state index contributed by atoms with van der Waals surface area (Å²) in [4.78, 5) is 13.5. The molecule has 0 heterocycles. The highest BCUT2D eigenvalue weighted by Crippen LogP contribution is 2.29. The Bertz CT molecular complexity index is 670. The maximum Gasteiger partial charge on any atom is 0.251 e. The zero-order valence-corrected chi connectivity index (χ0v) is 14.6. The molecule has 2 rings (SSSR count). The molecule has 1 atom stereocenters. The quantitative estimate of drug-likeness (QED) is 0.815. The fourth-order valence-corrected chi connectivity index (χ4v) is 2.68. The van der Waals surface area contributed by atoms with Crippen molar-refractivity contribution in [2.45, 2.75) is 17.9 Å². The van der Waals surface area contributed by atoms with Gasteiger partial charge in [-0.2, -0.15) is 0 Å². The molecule has 0 radical (unpaired) electrons. The van der Waals surface area contributed by atoms with Gasteiger partial charge in [-0.25, -0.2) is 0 Å². The molecule has 1 amide bonds. The minimum absolute atomic E-state index is 0.108. The summed E-state index contributed by atoms with van der Waals surface area (Å²) in [7, 11) is 3.21. The van der Waals surface area contributed by atoms with E-state index in [9.17, 15) is 4.79 Å². The highest BCUT2D eigenvalue weighted by atomic mass is 32.2. The van der Waals surface area contributed by atoms with Gasteiger partial charge in [0, 0.05) is 22.1 Å². The Balaban J connectivity index is 2.14. The smallest absolute Gasteiger partial charge is 0.251 e. The number of thioether (sulfide) groups is 1. The minimum atomic E-state index is -0.177. The van der Waals surface area contributed by atoms with Crippen LogP contribution < -0.4 is 14.8 Å². The number of methoxy groups -OCH3 is 2. The van der Waals surface area contributed by atoms with E-state index in [0.29, 0.717) is 11.3 Å². The molecule has 0 saturated carbocycles. The van der Waals surface area contributed by atoms with E-state index in [-0.39, 0.29) is 11.9 Å². The lowest BCUT2D eigenvalue weighted by atomic mass is 10.1. The van der Waals surface area contributed by atoms with E-state index in [1.807, 2.05) is 55.6 Å². The Hall–Kier alpha value is -2.14. The van der Waals surface area contributed by atoms with Gasteiger partial charge in [0.1, 0.15) is 11.5 Å². The molecule has 5 heteroatoms. The highest BCUT2D eigenvalue weighted by Gasteiger charge is 2.16. The summed E-state index contributed by atoms with van der Waals surface area (Å²) in [6.07, 6.45) is 2.01. The van der Waals surface area contributed by atoms with Gasteiger partial charge >= 0.3 is 0 Å². The molecular formula is C18H21NO3S. The molecule has 23 heavy (non-hydrogen) atoms. The van der Waals surface area contributed by atoms with Gasteiger partial charge in [-0.15, -0.1) is 11.8 Å².